The molecule has 0 aliphatic rings. The summed E-state index contributed by atoms with van der Waals surface area (Å²) in [6, 6.07) is 7.60. The maximum atomic E-state index is 13.2. The van der Waals surface area contributed by atoms with Crippen LogP contribution in [0.25, 0.3) is 10.2 Å². The molecular formula is C20H28ClN5O2S. The lowest BCUT2D eigenvalue weighted by atomic mass is 10.3. The van der Waals surface area contributed by atoms with E-state index >= 15 is 0 Å². The molecule has 1 aromatic carbocycles. The van der Waals surface area contributed by atoms with Crippen LogP contribution in [-0.2, 0) is 6.54 Å². The first-order valence-corrected chi connectivity index (χ1v) is 10.4. The van der Waals surface area contributed by atoms with E-state index in [0.717, 1.165) is 35.5 Å². The highest BCUT2D eigenvalue weighted by atomic mass is 35.5. The molecule has 158 valence electrons. The predicted octanol–water partition coefficient (Wildman–Crippen LogP) is 3.93. The van der Waals surface area contributed by atoms with Crippen molar-refractivity contribution in [3.05, 3.63) is 36.2 Å². The molecule has 0 atom stereocenters. The van der Waals surface area contributed by atoms with Gasteiger partial charge in [0.15, 0.2) is 10.8 Å². The molecule has 0 unspecified atom stereocenters. The van der Waals surface area contributed by atoms with E-state index in [1.807, 2.05) is 52.3 Å². The Kier molecular flexibility index (Phi) is 8.43. The summed E-state index contributed by atoms with van der Waals surface area (Å²) < 4.78 is 8.35. The highest BCUT2D eigenvalue weighted by molar-refractivity contribution is 7.22. The molecule has 9 heteroatoms. The van der Waals surface area contributed by atoms with E-state index in [0.29, 0.717) is 24.0 Å². The van der Waals surface area contributed by atoms with E-state index in [1.165, 1.54) is 11.3 Å². The molecular weight excluding hydrogens is 410 g/mol. The number of nitrogens with zero attached hydrogens (tertiary/aromatic N) is 5. The van der Waals surface area contributed by atoms with E-state index < -0.39 is 0 Å². The molecule has 0 spiro atoms. The Balaban J connectivity index is 0.00000300. The Hall–Kier alpha value is -2.16. The van der Waals surface area contributed by atoms with Gasteiger partial charge in [-0.1, -0.05) is 11.3 Å². The van der Waals surface area contributed by atoms with E-state index in [2.05, 4.69) is 10.00 Å². The fraction of sp³-hybridized carbons (Fsp3) is 0.450. The van der Waals surface area contributed by atoms with Gasteiger partial charge >= 0.3 is 0 Å². The fourth-order valence-electron chi connectivity index (χ4n) is 2.88. The van der Waals surface area contributed by atoms with Crippen LogP contribution in [0.3, 0.4) is 0 Å². The number of anilines is 1. The Labute approximate surface area is 181 Å². The van der Waals surface area contributed by atoms with Crippen LogP contribution in [0.1, 0.15) is 30.8 Å². The van der Waals surface area contributed by atoms with Crippen LogP contribution in [0.15, 0.2) is 30.5 Å². The zero-order valence-corrected chi connectivity index (χ0v) is 18.9. The highest BCUT2D eigenvalue weighted by Gasteiger charge is 2.23. The molecule has 0 saturated heterocycles. The number of hydrogen-bond donors (Lipinski definition) is 0. The molecule has 0 saturated carbocycles. The summed E-state index contributed by atoms with van der Waals surface area (Å²) in [6.45, 7) is 6.80. The third-order valence-corrected chi connectivity index (χ3v) is 5.35. The molecule has 0 bridgehead atoms. The van der Waals surface area contributed by atoms with Gasteiger partial charge in [0.1, 0.15) is 5.75 Å². The second kappa shape index (κ2) is 10.6. The number of aromatic nitrogens is 3. The zero-order valence-electron chi connectivity index (χ0n) is 17.3. The largest absolute Gasteiger partial charge is 0.494 e. The summed E-state index contributed by atoms with van der Waals surface area (Å²) in [6.07, 6.45) is 2.69. The first kappa shape index (κ1) is 23.1. The number of amides is 1. The van der Waals surface area contributed by atoms with Crippen molar-refractivity contribution in [1.29, 1.82) is 0 Å². The molecule has 7 nitrogen and oxygen atoms in total. The average Bonchev–Trinajstić information content (AvgIpc) is 3.31. The Morgan fingerprint density at radius 1 is 1.21 bits per heavy atom. The van der Waals surface area contributed by atoms with Gasteiger partial charge in [0.25, 0.3) is 5.91 Å². The van der Waals surface area contributed by atoms with E-state index in [4.69, 9.17) is 9.72 Å². The molecule has 0 fully saturated rings. The molecule has 0 aliphatic carbocycles. The summed E-state index contributed by atoms with van der Waals surface area (Å²) in [5.41, 5.74) is 1.31. The number of aryl methyl sites for hydroxylation is 1. The van der Waals surface area contributed by atoms with Gasteiger partial charge in [-0.3, -0.25) is 14.4 Å². The van der Waals surface area contributed by atoms with E-state index in [1.54, 1.807) is 15.6 Å². The molecule has 2 aromatic heterocycles. The number of carbonyl (C=O) groups is 1. The number of hydrogen-bond acceptors (Lipinski definition) is 6. The van der Waals surface area contributed by atoms with Crippen molar-refractivity contribution in [2.45, 2.75) is 26.8 Å². The van der Waals surface area contributed by atoms with Gasteiger partial charge in [-0.2, -0.15) is 5.10 Å². The van der Waals surface area contributed by atoms with Crippen LogP contribution >= 0.6 is 23.7 Å². The van der Waals surface area contributed by atoms with Crippen LogP contribution in [0.2, 0.25) is 0 Å². The van der Waals surface area contributed by atoms with Crippen LogP contribution in [0, 0.1) is 0 Å². The molecule has 29 heavy (non-hydrogen) atoms. The van der Waals surface area contributed by atoms with Crippen molar-refractivity contribution >= 4 is 45.0 Å². The number of ether oxygens (including phenoxy) is 1. The first-order valence-electron chi connectivity index (χ1n) is 9.55. The minimum absolute atomic E-state index is 0. The summed E-state index contributed by atoms with van der Waals surface area (Å²) in [5.74, 6) is 0.701. The maximum absolute atomic E-state index is 13.2. The molecule has 1 amide bonds. The normalized spacial score (nSPS) is 10.9. The molecule has 3 rings (SSSR count). The second-order valence-electron chi connectivity index (χ2n) is 6.73. The molecule has 2 heterocycles. The van der Waals surface area contributed by atoms with Crippen molar-refractivity contribution in [2.75, 3.05) is 38.7 Å². The number of thiazole rings is 1. The SMILES string of the molecule is CCOc1ccc2nc(N(CCCN(C)C)C(=O)c3ccn(CC)n3)sc2c1.Cl. The molecule has 0 aliphatic heterocycles. The number of rotatable bonds is 9. The summed E-state index contributed by atoms with van der Waals surface area (Å²) in [5, 5.41) is 5.08. The van der Waals surface area contributed by atoms with E-state index in [9.17, 15) is 4.79 Å². The summed E-state index contributed by atoms with van der Waals surface area (Å²) in [7, 11) is 4.06. The van der Waals surface area contributed by atoms with Gasteiger partial charge in [0, 0.05) is 19.3 Å². The Morgan fingerprint density at radius 2 is 2.00 bits per heavy atom. The topological polar surface area (TPSA) is 63.5 Å². The lowest BCUT2D eigenvalue weighted by molar-refractivity contribution is 0.0980. The van der Waals surface area contributed by atoms with Crippen molar-refractivity contribution in [2.24, 2.45) is 0 Å². The second-order valence-corrected chi connectivity index (χ2v) is 7.74. The maximum Gasteiger partial charge on any atom is 0.280 e. The monoisotopic (exact) mass is 437 g/mol. The number of carbonyl (C=O) groups excluding carboxylic acids is 1. The Bertz CT molecular complexity index is 940. The zero-order chi connectivity index (χ0) is 20.1. The first-order chi connectivity index (χ1) is 13.5. The fourth-order valence-corrected chi connectivity index (χ4v) is 3.90. The average molecular weight is 438 g/mol. The lowest BCUT2D eigenvalue weighted by Gasteiger charge is -2.20. The van der Waals surface area contributed by atoms with Gasteiger partial charge in [-0.15, -0.1) is 12.4 Å². The smallest absolute Gasteiger partial charge is 0.280 e. The van der Waals surface area contributed by atoms with Crippen molar-refractivity contribution in [3.63, 3.8) is 0 Å². The van der Waals surface area contributed by atoms with Crippen molar-refractivity contribution < 1.29 is 9.53 Å². The van der Waals surface area contributed by atoms with Gasteiger partial charge in [0.2, 0.25) is 0 Å². The predicted molar refractivity (Wildman–Crippen MR) is 121 cm³/mol. The molecule has 0 radical (unpaired) electrons. The molecule has 0 N–H and O–H groups in total. The quantitative estimate of drug-likeness (QED) is 0.507. The lowest BCUT2D eigenvalue weighted by Crippen LogP contribution is -2.33. The summed E-state index contributed by atoms with van der Waals surface area (Å²) in [4.78, 5) is 21.7. The van der Waals surface area contributed by atoms with Gasteiger partial charge in [-0.05, 0) is 65.2 Å². The van der Waals surface area contributed by atoms with Gasteiger partial charge in [-0.25, -0.2) is 4.98 Å². The third kappa shape index (κ3) is 5.68. The van der Waals surface area contributed by atoms with Crippen molar-refractivity contribution in [3.8, 4) is 5.75 Å². The van der Waals surface area contributed by atoms with Crippen molar-refractivity contribution in [1.82, 2.24) is 19.7 Å². The standard InChI is InChI=1S/C20H27N5O2S.ClH/c1-5-24-13-10-17(22-24)19(26)25(12-7-11-23(3)4)20-21-16-9-8-15(27-6-2)14-18(16)28-20;/h8-10,13-14H,5-7,11-12H2,1-4H3;1H. The van der Waals surface area contributed by atoms with Crippen LogP contribution in [0.4, 0.5) is 5.13 Å². The van der Waals surface area contributed by atoms with Crippen LogP contribution in [-0.4, -0.2) is 59.4 Å². The van der Waals surface area contributed by atoms with Crippen LogP contribution < -0.4 is 9.64 Å². The van der Waals surface area contributed by atoms with Gasteiger partial charge < -0.3 is 9.64 Å². The van der Waals surface area contributed by atoms with E-state index in [-0.39, 0.29) is 18.3 Å². The number of halogens is 1. The summed E-state index contributed by atoms with van der Waals surface area (Å²) >= 11 is 1.51. The third-order valence-electron chi connectivity index (χ3n) is 4.31. The minimum atomic E-state index is -0.116. The number of fused-ring (bicyclic) bond motifs is 1. The van der Waals surface area contributed by atoms with Gasteiger partial charge in [0.05, 0.1) is 16.8 Å². The number of benzene rings is 1. The van der Waals surface area contributed by atoms with Crippen LogP contribution in [0.5, 0.6) is 5.75 Å². The minimum Gasteiger partial charge on any atom is -0.494 e. The Morgan fingerprint density at radius 3 is 2.66 bits per heavy atom. The molecule has 3 aromatic rings. The highest BCUT2D eigenvalue weighted by Crippen LogP contribution is 2.32.